The second-order valence-corrected chi connectivity index (χ2v) is 8.20. The number of anilines is 3. The zero-order valence-corrected chi connectivity index (χ0v) is 16.5. The van der Waals surface area contributed by atoms with Crippen LogP contribution in [0.4, 0.5) is 16.5 Å². The molecule has 0 bridgehead atoms. The summed E-state index contributed by atoms with van der Waals surface area (Å²) in [5, 5.41) is 15.1. The average Bonchev–Trinajstić information content (AvgIpc) is 3.06. The highest BCUT2D eigenvalue weighted by molar-refractivity contribution is 8.01. The van der Waals surface area contributed by atoms with E-state index in [2.05, 4.69) is 46.8 Å². The Morgan fingerprint density at radius 3 is 2.46 bits per heavy atom. The molecule has 3 aromatic rings. The largest absolute Gasteiger partial charge is 0.330 e. The Labute approximate surface area is 161 Å². The van der Waals surface area contributed by atoms with Crippen LogP contribution < -0.4 is 10.6 Å². The van der Waals surface area contributed by atoms with E-state index >= 15 is 0 Å². The number of carbonyl (C=O) groups is 1. The van der Waals surface area contributed by atoms with Crippen LogP contribution in [-0.4, -0.2) is 21.9 Å². The molecular weight excluding hydrogens is 364 g/mol. The van der Waals surface area contributed by atoms with Gasteiger partial charge in [0, 0.05) is 11.4 Å². The Kier molecular flexibility index (Phi) is 5.90. The van der Waals surface area contributed by atoms with Crippen LogP contribution in [0.15, 0.2) is 46.8 Å². The van der Waals surface area contributed by atoms with E-state index in [1.165, 1.54) is 34.2 Å². The van der Waals surface area contributed by atoms with Crippen molar-refractivity contribution in [3.05, 3.63) is 59.2 Å². The number of aryl methyl sites for hydroxylation is 3. The van der Waals surface area contributed by atoms with E-state index in [9.17, 15) is 4.79 Å². The normalized spacial score (nSPS) is 10.6. The molecule has 2 N–H and O–H groups in total. The maximum absolute atomic E-state index is 12.0. The highest BCUT2D eigenvalue weighted by Crippen LogP contribution is 2.28. The second kappa shape index (κ2) is 8.33. The zero-order chi connectivity index (χ0) is 18.5. The lowest BCUT2D eigenvalue weighted by Crippen LogP contribution is -2.13. The van der Waals surface area contributed by atoms with E-state index in [0.717, 1.165) is 26.4 Å². The van der Waals surface area contributed by atoms with E-state index < -0.39 is 0 Å². The topological polar surface area (TPSA) is 66.9 Å². The molecular formula is C19H20N4OS2. The van der Waals surface area contributed by atoms with Gasteiger partial charge in [0.15, 0.2) is 4.34 Å². The Bertz CT molecular complexity index is 906. The van der Waals surface area contributed by atoms with Crippen molar-refractivity contribution in [3.8, 4) is 0 Å². The second-order valence-electron chi connectivity index (χ2n) is 6.00. The summed E-state index contributed by atoms with van der Waals surface area (Å²) in [6.45, 7) is 6.18. The van der Waals surface area contributed by atoms with Crippen molar-refractivity contribution in [3.63, 3.8) is 0 Å². The number of hydrogen-bond donors (Lipinski definition) is 2. The molecule has 134 valence electrons. The highest BCUT2D eigenvalue weighted by atomic mass is 32.2. The number of rotatable bonds is 6. The third kappa shape index (κ3) is 5.06. The molecule has 0 radical (unpaired) electrons. The van der Waals surface area contributed by atoms with Crippen LogP contribution in [0.5, 0.6) is 0 Å². The maximum Gasteiger partial charge on any atom is 0.234 e. The molecule has 5 nitrogen and oxygen atoms in total. The van der Waals surface area contributed by atoms with Gasteiger partial charge in [-0.15, -0.1) is 10.2 Å². The summed E-state index contributed by atoms with van der Waals surface area (Å²) in [5.74, 6) is 0.240. The number of hydrogen-bond acceptors (Lipinski definition) is 6. The summed E-state index contributed by atoms with van der Waals surface area (Å²) in [6.07, 6.45) is 0. The van der Waals surface area contributed by atoms with Gasteiger partial charge in [0.2, 0.25) is 11.0 Å². The number of carbonyl (C=O) groups excluding carboxylic acids is 1. The summed E-state index contributed by atoms with van der Waals surface area (Å²) >= 11 is 2.82. The van der Waals surface area contributed by atoms with Crippen LogP contribution in [0.3, 0.4) is 0 Å². The molecule has 1 amide bonds. The Morgan fingerprint density at radius 1 is 1.00 bits per heavy atom. The smallest absolute Gasteiger partial charge is 0.234 e. The molecule has 7 heteroatoms. The number of benzene rings is 2. The summed E-state index contributed by atoms with van der Waals surface area (Å²) in [4.78, 5) is 12.0. The third-order valence-corrected chi connectivity index (χ3v) is 5.80. The van der Waals surface area contributed by atoms with Crippen molar-refractivity contribution >= 4 is 45.5 Å². The molecule has 0 saturated carbocycles. The van der Waals surface area contributed by atoms with Gasteiger partial charge in [-0.1, -0.05) is 46.9 Å². The van der Waals surface area contributed by atoms with Crippen LogP contribution >= 0.6 is 23.1 Å². The van der Waals surface area contributed by atoms with E-state index in [1.807, 2.05) is 37.3 Å². The van der Waals surface area contributed by atoms with Crippen LogP contribution in [0.25, 0.3) is 0 Å². The first-order valence-corrected chi connectivity index (χ1v) is 9.97. The van der Waals surface area contributed by atoms with Gasteiger partial charge in [-0.2, -0.15) is 0 Å². The van der Waals surface area contributed by atoms with Crippen LogP contribution in [0.1, 0.15) is 16.7 Å². The number of aromatic nitrogens is 2. The van der Waals surface area contributed by atoms with Crippen molar-refractivity contribution in [1.82, 2.24) is 10.2 Å². The van der Waals surface area contributed by atoms with Gasteiger partial charge in [0.05, 0.1) is 5.75 Å². The summed E-state index contributed by atoms with van der Waals surface area (Å²) in [6, 6.07) is 13.9. The average molecular weight is 385 g/mol. The predicted molar refractivity (Wildman–Crippen MR) is 110 cm³/mol. The van der Waals surface area contributed by atoms with Crippen molar-refractivity contribution < 1.29 is 4.79 Å². The van der Waals surface area contributed by atoms with Crippen LogP contribution in [0.2, 0.25) is 0 Å². The molecule has 3 rings (SSSR count). The Balaban J connectivity index is 1.52. The minimum absolute atomic E-state index is 0.0577. The van der Waals surface area contributed by atoms with Crippen molar-refractivity contribution in [2.24, 2.45) is 0 Å². The first kappa shape index (κ1) is 18.4. The Hall–Kier alpha value is -2.38. The van der Waals surface area contributed by atoms with Crippen LogP contribution in [0, 0.1) is 20.8 Å². The number of thioether (sulfide) groups is 1. The van der Waals surface area contributed by atoms with E-state index in [1.54, 1.807) is 0 Å². The molecule has 0 atom stereocenters. The van der Waals surface area contributed by atoms with Crippen molar-refractivity contribution in [2.75, 3.05) is 16.4 Å². The van der Waals surface area contributed by atoms with Crippen molar-refractivity contribution in [2.45, 2.75) is 25.1 Å². The molecule has 2 aromatic carbocycles. The minimum Gasteiger partial charge on any atom is -0.330 e. The SMILES string of the molecule is Cc1ccc(NC(=O)CSc2nnc(Nc3ccc(C)c(C)c3)s2)cc1. The number of nitrogens with one attached hydrogen (secondary N) is 2. The van der Waals surface area contributed by atoms with Gasteiger partial charge < -0.3 is 10.6 Å². The quantitative estimate of drug-likeness (QED) is 0.589. The highest BCUT2D eigenvalue weighted by Gasteiger charge is 2.09. The van der Waals surface area contributed by atoms with E-state index in [-0.39, 0.29) is 5.91 Å². The van der Waals surface area contributed by atoms with Crippen LogP contribution in [-0.2, 0) is 4.79 Å². The summed E-state index contributed by atoms with van der Waals surface area (Å²) in [7, 11) is 0. The monoisotopic (exact) mass is 384 g/mol. The molecule has 0 fully saturated rings. The van der Waals surface area contributed by atoms with Gasteiger partial charge in [0.1, 0.15) is 0 Å². The maximum atomic E-state index is 12.0. The molecule has 0 aliphatic rings. The minimum atomic E-state index is -0.0577. The van der Waals surface area contributed by atoms with Gasteiger partial charge in [0.25, 0.3) is 0 Å². The number of amides is 1. The number of nitrogens with zero attached hydrogens (tertiary/aromatic N) is 2. The fourth-order valence-corrected chi connectivity index (χ4v) is 3.79. The van der Waals surface area contributed by atoms with Gasteiger partial charge in [-0.25, -0.2) is 0 Å². The first-order valence-electron chi connectivity index (χ1n) is 8.17. The van der Waals surface area contributed by atoms with Gasteiger partial charge in [-0.3, -0.25) is 4.79 Å². The Morgan fingerprint density at radius 2 is 1.73 bits per heavy atom. The molecule has 0 aliphatic heterocycles. The molecule has 0 aliphatic carbocycles. The molecule has 26 heavy (non-hydrogen) atoms. The van der Waals surface area contributed by atoms with E-state index in [0.29, 0.717) is 5.75 Å². The van der Waals surface area contributed by atoms with Crippen molar-refractivity contribution in [1.29, 1.82) is 0 Å². The fraction of sp³-hybridized carbons (Fsp3) is 0.211. The lowest BCUT2D eigenvalue weighted by Gasteiger charge is -2.05. The summed E-state index contributed by atoms with van der Waals surface area (Å²) in [5.41, 5.74) is 5.43. The molecule has 0 saturated heterocycles. The first-order chi connectivity index (χ1) is 12.5. The molecule has 0 unspecified atom stereocenters. The summed E-state index contributed by atoms with van der Waals surface area (Å²) < 4.78 is 0.760. The lowest BCUT2D eigenvalue weighted by atomic mass is 10.1. The van der Waals surface area contributed by atoms with Gasteiger partial charge in [-0.05, 0) is 56.2 Å². The lowest BCUT2D eigenvalue weighted by molar-refractivity contribution is -0.113. The standard InChI is InChI=1S/C19H20N4OS2/c1-12-4-7-15(8-5-12)20-17(24)11-25-19-23-22-18(26-19)21-16-9-6-13(2)14(3)10-16/h4-10H,11H2,1-3H3,(H,20,24)(H,21,22). The fourth-order valence-electron chi connectivity index (χ4n) is 2.22. The molecule has 0 spiro atoms. The molecule has 1 heterocycles. The van der Waals surface area contributed by atoms with Gasteiger partial charge >= 0.3 is 0 Å². The third-order valence-electron chi connectivity index (χ3n) is 3.83. The van der Waals surface area contributed by atoms with E-state index in [4.69, 9.17) is 0 Å². The molecule has 1 aromatic heterocycles. The predicted octanol–water partition coefficient (Wildman–Crippen LogP) is 4.94. The zero-order valence-electron chi connectivity index (χ0n) is 14.9.